The molecule has 0 aliphatic heterocycles. The van der Waals surface area contributed by atoms with E-state index in [1.807, 2.05) is 0 Å². The smallest absolute Gasteiger partial charge is 0.759 e. The Kier molecular flexibility index (Phi) is 427. The number of hydrogen-bond donors (Lipinski definition) is 0. The molecule has 23 heteroatoms. The van der Waals surface area contributed by atoms with Gasteiger partial charge in [-0.1, -0.05) is 0 Å². The van der Waals surface area contributed by atoms with E-state index in [4.69, 9.17) is 35.0 Å². The summed E-state index contributed by atoms with van der Waals surface area (Å²) in [6.45, 7) is 0. The molecule has 152 valence electrons. The summed E-state index contributed by atoms with van der Waals surface area (Å²) in [5, 5.41) is 0. The molecule has 23 heavy (non-hydrogen) atoms. The van der Waals surface area contributed by atoms with Gasteiger partial charge in [0.2, 0.25) is 0 Å². The fourth-order valence-electron chi connectivity index (χ4n) is 0. The molecule has 0 saturated carbocycles. The van der Waals surface area contributed by atoms with E-state index in [9.17, 15) is 0 Å². The molecule has 0 bridgehead atoms. The van der Waals surface area contributed by atoms with Crippen LogP contribution in [0.5, 0.6) is 0 Å². The molecule has 19 nitrogen and oxygen atoms in total. The molecule has 0 saturated heterocycles. The monoisotopic (exact) mass is 456 g/mol. The van der Waals surface area contributed by atoms with Crippen LogP contribution in [0.1, 0.15) is 0 Å². The van der Waals surface area contributed by atoms with Crippen molar-refractivity contribution in [2.45, 2.75) is 0 Å². The van der Waals surface area contributed by atoms with Crippen LogP contribution in [0.3, 0.4) is 0 Å². The maximum atomic E-state index is 8.52. The van der Waals surface area contributed by atoms with Gasteiger partial charge in [-0.3, -0.25) is 16.8 Å². The van der Waals surface area contributed by atoms with Crippen molar-refractivity contribution >= 4 is 38.2 Å². The van der Waals surface area contributed by atoms with Gasteiger partial charge in [-0.05, 0) is 0 Å². The van der Waals surface area contributed by atoms with Gasteiger partial charge in [-0.2, -0.15) is 0 Å². The van der Waals surface area contributed by atoms with Gasteiger partial charge in [0, 0.05) is 20.8 Å². The van der Waals surface area contributed by atoms with Gasteiger partial charge in [-0.25, -0.2) is 0 Å². The van der Waals surface area contributed by atoms with Crippen LogP contribution in [0.2, 0.25) is 0 Å². The van der Waals surface area contributed by atoms with Crippen LogP contribution < -0.4 is 51.4 Å². The first-order chi connectivity index (χ1) is 4.00. The minimum atomic E-state index is -5.17. The standard InChI is InChI=1S/Al.K.2H2O4S.11H2O/c;;2*1-5(2,3)4;;;;;;;;;;;/h;;2*(H2,1,2,3,4);11*1H2/q+3;+1;;;;;;;;;;;;;/p-4. The minimum Gasteiger partial charge on any atom is -0.759 e. The molecule has 0 fully saturated rings. The Morgan fingerprint density at radius 3 is 0.391 bits per heavy atom. The predicted octanol–water partition coefficient (Wildman–Crippen LogP) is -15.1. The molecule has 0 aromatic rings. The van der Waals surface area contributed by atoms with Gasteiger partial charge in [0.1, 0.15) is 0 Å². The van der Waals surface area contributed by atoms with Crippen molar-refractivity contribution in [2.24, 2.45) is 0 Å². The molecule has 0 rings (SSSR count). The van der Waals surface area contributed by atoms with E-state index in [0.717, 1.165) is 0 Å². The van der Waals surface area contributed by atoms with Crippen LogP contribution in [0.15, 0.2) is 0 Å². The molecule has 0 radical (unpaired) electrons. The second-order valence-electron chi connectivity index (χ2n) is 0.816. The number of rotatable bonds is 0. The van der Waals surface area contributed by atoms with Crippen molar-refractivity contribution in [2.75, 3.05) is 0 Å². The van der Waals surface area contributed by atoms with Gasteiger partial charge in [-0.15, -0.1) is 0 Å². The molecule has 0 aromatic carbocycles. The zero-order chi connectivity index (χ0) is 9.00. The summed E-state index contributed by atoms with van der Waals surface area (Å²) >= 11 is 0. The van der Waals surface area contributed by atoms with E-state index in [2.05, 4.69) is 0 Å². The van der Waals surface area contributed by atoms with Crippen LogP contribution in [0.4, 0.5) is 0 Å². The molecule has 0 unspecified atom stereocenters. The summed E-state index contributed by atoms with van der Waals surface area (Å²) in [5.74, 6) is 0. The van der Waals surface area contributed by atoms with Gasteiger partial charge in [0.25, 0.3) is 0 Å². The van der Waals surface area contributed by atoms with Crippen molar-refractivity contribution in [1.29, 1.82) is 0 Å². The van der Waals surface area contributed by atoms with Crippen LogP contribution in [-0.2, 0) is 20.8 Å². The molecule has 0 atom stereocenters. The normalized spacial score (nSPS) is 5.04. The maximum absolute atomic E-state index is 8.52. The first-order valence-corrected chi connectivity index (χ1v) is 4.00. The molecule has 0 aliphatic carbocycles. The topological polar surface area (TPSA) is 507 Å². The second kappa shape index (κ2) is 65.3. The van der Waals surface area contributed by atoms with Crippen LogP contribution in [0, 0.1) is 0 Å². The van der Waals surface area contributed by atoms with Crippen molar-refractivity contribution in [3.05, 3.63) is 0 Å². The second-order valence-corrected chi connectivity index (χ2v) is 2.45. The van der Waals surface area contributed by atoms with Crippen molar-refractivity contribution in [3.63, 3.8) is 0 Å². The Hall–Kier alpha value is 1.47. The van der Waals surface area contributed by atoms with Gasteiger partial charge in [0.15, 0.2) is 0 Å². The summed E-state index contributed by atoms with van der Waals surface area (Å²) in [5.41, 5.74) is 0. The van der Waals surface area contributed by atoms with E-state index in [-0.39, 0.29) is 129 Å². The third-order valence-electron chi connectivity index (χ3n) is 0. The SMILES string of the molecule is O.O.O.O.O.O.O.O.O.O.O.O=S(=O)([O-])[O-].O=S(=O)([O-])[O-].[Al+3].[K+]. The van der Waals surface area contributed by atoms with Gasteiger partial charge in [0.05, 0.1) is 0 Å². The van der Waals surface area contributed by atoms with Crippen molar-refractivity contribution < 1.29 is 147 Å². The summed E-state index contributed by atoms with van der Waals surface area (Å²) in [7, 11) is -10.3. The molecule has 0 amide bonds. The van der Waals surface area contributed by atoms with E-state index in [1.54, 1.807) is 0 Å². The zero-order valence-electron chi connectivity index (χ0n) is 11.2. The third-order valence-corrected chi connectivity index (χ3v) is 0. The Morgan fingerprint density at radius 1 is 0.391 bits per heavy atom. The van der Waals surface area contributed by atoms with E-state index in [0.29, 0.717) is 0 Å². The fourth-order valence-corrected chi connectivity index (χ4v) is 0. The van der Waals surface area contributed by atoms with Gasteiger partial charge < -0.3 is 78.4 Å². The largest absolute Gasteiger partial charge is 3.00 e. The average Bonchev–Trinajstić information content (AvgIpc) is 1.12. The van der Waals surface area contributed by atoms with E-state index < -0.39 is 20.8 Å². The van der Waals surface area contributed by atoms with Crippen LogP contribution in [-0.4, -0.2) is 113 Å². The summed E-state index contributed by atoms with van der Waals surface area (Å²) < 4.78 is 68.2. The first-order valence-electron chi connectivity index (χ1n) is 1.33. The van der Waals surface area contributed by atoms with Crippen LogP contribution >= 0.6 is 0 Å². The molecular formula is H22AlKO19S2. The maximum Gasteiger partial charge on any atom is 3.00 e. The summed E-state index contributed by atoms with van der Waals surface area (Å²) in [6, 6.07) is 0. The predicted molar refractivity (Wildman–Crippen MR) is 66.5 cm³/mol. The third kappa shape index (κ3) is 5010. The van der Waals surface area contributed by atoms with Crippen molar-refractivity contribution in [3.8, 4) is 0 Å². The molecule has 0 spiro atoms. The first kappa shape index (κ1) is 150. The Bertz CT molecular complexity index is 218. The average molecular weight is 456 g/mol. The molecule has 0 heterocycles. The Labute approximate surface area is 183 Å². The molecule has 22 N–H and O–H groups in total. The molecule has 0 aromatic heterocycles. The van der Waals surface area contributed by atoms with Crippen molar-refractivity contribution in [1.82, 2.24) is 0 Å². The Morgan fingerprint density at radius 2 is 0.391 bits per heavy atom. The molecule has 0 aliphatic rings. The summed E-state index contributed by atoms with van der Waals surface area (Å²) in [4.78, 5) is 0. The zero-order valence-corrected chi connectivity index (χ0v) is 17.1. The van der Waals surface area contributed by atoms with E-state index in [1.165, 1.54) is 0 Å². The summed E-state index contributed by atoms with van der Waals surface area (Å²) in [6.07, 6.45) is 0. The minimum absolute atomic E-state index is 0. The van der Waals surface area contributed by atoms with Crippen LogP contribution in [0.25, 0.3) is 0 Å². The molecular weight excluding hydrogens is 434 g/mol. The quantitative estimate of drug-likeness (QED) is 0.190. The fraction of sp³-hybridized carbons (Fsp3) is 0. The number of hydrogen-bond acceptors (Lipinski definition) is 8. The van der Waals surface area contributed by atoms with E-state index >= 15 is 0 Å². The Balaban J connectivity index is -0.00000000274. The van der Waals surface area contributed by atoms with Gasteiger partial charge >= 0.3 is 68.7 Å².